The Morgan fingerprint density at radius 2 is 1.67 bits per heavy atom. The second-order valence-electron chi connectivity index (χ2n) is 4.48. The average molecular weight is 280 g/mol. The smallest absolute Gasteiger partial charge is 0.164 e. The van der Waals surface area contributed by atoms with E-state index in [1.807, 2.05) is 58.0 Å². The van der Waals surface area contributed by atoms with E-state index in [-0.39, 0.29) is 0 Å². The summed E-state index contributed by atoms with van der Waals surface area (Å²) in [5, 5.41) is 4.24. The standard InChI is InChI=1S/C15H14N4.C2H6/c1-10-8-13-14(18-11(10)2)16-9-17-15(13)19-12-6-4-3-5-7-12;1-2/h3-9H,1-2H3,(H,16,17,18,19);1-2H3. The SMILES string of the molecule is CC.Cc1cc2c(Nc3ccccc3)ncnc2nc1C. The Bertz CT molecular complexity index is 723. The average Bonchev–Trinajstić information content (AvgIpc) is 2.52. The minimum atomic E-state index is 0.719. The zero-order valence-electron chi connectivity index (χ0n) is 12.9. The van der Waals surface area contributed by atoms with Crippen LogP contribution in [0.25, 0.3) is 11.0 Å². The van der Waals surface area contributed by atoms with Crippen LogP contribution in [0.5, 0.6) is 0 Å². The maximum atomic E-state index is 4.49. The number of aryl methyl sites for hydroxylation is 2. The molecule has 2 heterocycles. The number of pyridine rings is 1. The summed E-state index contributed by atoms with van der Waals surface area (Å²) in [4.78, 5) is 13.0. The zero-order valence-corrected chi connectivity index (χ0v) is 12.9. The molecule has 0 bridgehead atoms. The van der Waals surface area contributed by atoms with Gasteiger partial charge in [0.05, 0.1) is 5.39 Å². The Labute approximate surface area is 125 Å². The number of nitrogens with one attached hydrogen (secondary N) is 1. The van der Waals surface area contributed by atoms with E-state index in [1.54, 1.807) is 0 Å². The molecule has 0 aliphatic rings. The number of hydrogen-bond donors (Lipinski definition) is 1. The van der Waals surface area contributed by atoms with Gasteiger partial charge in [-0.3, -0.25) is 0 Å². The molecule has 2 aromatic heterocycles. The number of fused-ring (bicyclic) bond motifs is 1. The monoisotopic (exact) mass is 280 g/mol. The van der Waals surface area contributed by atoms with Gasteiger partial charge >= 0.3 is 0 Å². The summed E-state index contributed by atoms with van der Waals surface area (Å²) in [6, 6.07) is 12.0. The highest BCUT2D eigenvalue weighted by molar-refractivity contribution is 5.88. The molecule has 4 nitrogen and oxygen atoms in total. The molecule has 21 heavy (non-hydrogen) atoms. The molecule has 3 aromatic rings. The van der Waals surface area contributed by atoms with E-state index in [0.717, 1.165) is 33.8 Å². The van der Waals surface area contributed by atoms with Gasteiger partial charge < -0.3 is 5.32 Å². The Kier molecular flexibility index (Phi) is 4.82. The second kappa shape index (κ2) is 6.79. The van der Waals surface area contributed by atoms with E-state index in [1.165, 1.54) is 6.33 Å². The quantitative estimate of drug-likeness (QED) is 0.755. The largest absolute Gasteiger partial charge is 0.340 e. The first-order valence-corrected chi connectivity index (χ1v) is 7.15. The van der Waals surface area contributed by atoms with E-state index in [0.29, 0.717) is 0 Å². The van der Waals surface area contributed by atoms with Gasteiger partial charge in [0.15, 0.2) is 5.65 Å². The topological polar surface area (TPSA) is 50.7 Å². The van der Waals surface area contributed by atoms with Crippen molar-refractivity contribution in [2.45, 2.75) is 27.7 Å². The molecule has 0 radical (unpaired) electrons. The zero-order chi connectivity index (χ0) is 15.2. The lowest BCUT2D eigenvalue weighted by Crippen LogP contribution is -1.98. The summed E-state index contributed by atoms with van der Waals surface area (Å²) < 4.78 is 0. The van der Waals surface area contributed by atoms with Gasteiger partial charge in [-0.1, -0.05) is 32.0 Å². The molecule has 0 aliphatic heterocycles. The summed E-state index contributed by atoms with van der Waals surface area (Å²) in [5.74, 6) is 0.784. The predicted octanol–water partition coefficient (Wildman–Crippen LogP) is 4.41. The van der Waals surface area contributed by atoms with Crippen LogP contribution in [0.4, 0.5) is 11.5 Å². The third kappa shape index (κ3) is 3.34. The van der Waals surface area contributed by atoms with E-state index >= 15 is 0 Å². The molecule has 0 spiro atoms. The van der Waals surface area contributed by atoms with Crippen LogP contribution in [0.15, 0.2) is 42.7 Å². The van der Waals surface area contributed by atoms with Crippen molar-refractivity contribution in [1.29, 1.82) is 0 Å². The van der Waals surface area contributed by atoms with Crippen molar-refractivity contribution in [2.75, 3.05) is 5.32 Å². The van der Waals surface area contributed by atoms with Crippen molar-refractivity contribution < 1.29 is 0 Å². The normalized spacial score (nSPS) is 9.90. The Balaban J connectivity index is 0.000000774. The highest BCUT2D eigenvalue weighted by Crippen LogP contribution is 2.23. The number of nitrogens with zero attached hydrogens (tertiary/aromatic N) is 3. The van der Waals surface area contributed by atoms with Crippen LogP contribution >= 0.6 is 0 Å². The predicted molar refractivity (Wildman–Crippen MR) is 87.9 cm³/mol. The van der Waals surface area contributed by atoms with Crippen molar-refractivity contribution >= 4 is 22.5 Å². The minimum Gasteiger partial charge on any atom is -0.340 e. The van der Waals surface area contributed by atoms with Gasteiger partial charge in [-0.15, -0.1) is 0 Å². The number of anilines is 2. The molecule has 0 atom stereocenters. The van der Waals surface area contributed by atoms with E-state index < -0.39 is 0 Å². The molecule has 0 aliphatic carbocycles. The van der Waals surface area contributed by atoms with E-state index in [9.17, 15) is 0 Å². The van der Waals surface area contributed by atoms with E-state index in [4.69, 9.17) is 0 Å². The molecule has 4 heteroatoms. The molecule has 3 rings (SSSR count). The number of aromatic nitrogens is 3. The first-order valence-electron chi connectivity index (χ1n) is 7.15. The summed E-state index contributed by atoms with van der Waals surface area (Å²) in [7, 11) is 0. The number of para-hydroxylation sites is 1. The van der Waals surface area contributed by atoms with Crippen LogP contribution in [0, 0.1) is 13.8 Å². The molecule has 0 saturated heterocycles. The maximum Gasteiger partial charge on any atom is 0.164 e. The molecular formula is C17H20N4. The lowest BCUT2D eigenvalue weighted by Gasteiger charge is -2.09. The summed E-state index contributed by atoms with van der Waals surface area (Å²) in [6.45, 7) is 8.03. The molecule has 1 N–H and O–H groups in total. The van der Waals surface area contributed by atoms with Crippen LogP contribution in [0.3, 0.4) is 0 Å². The fraction of sp³-hybridized carbons (Fsp3) is 0.235. The molecule has 0 amide bonds. The maximum absolute atomic E-state index is 4.49. The lowest BCUT2D eigenvalue weighted by molar-refractivity contribution is 1.13. The summed E-state index contributed by atoms with van der Waals surface area (Å²) in [6.07, 6.45) is 1.54. The third-order valence-electron chi connectivity index (χ3n) is 3.10. The molecule has 0 unspecified atom stereocenters. The van der Waals surface area contributed by atoms with Gasteiger partial charge in [-0.2, -0.15) is 0 Å². The number of rotatable bonds is 2. The van der Waals surface area contributed by atoms with Crippen molar-refractivity contribution in [3.8, 4) is 0 Å². The molecule has 0 fully saturated rings. The second-order valence-corrected chi connectivity index (χ2v) is 4.48. The van der Waals surface area contributed by atoms with Crippen molar-refractivity contribution in [1.82, 2.24) is 15.0 Å². The van der Waals surface area contributed by atoms with Gasteiger partial charge in [-0.05, 0) is 37.6 Å². The fourth-order valence-electron chi connectivity index (χ4n) is 1.93. The van der Waals surface area contributed by atoms with Gasteiger partial charge in [-0.25, -0.2) is 15.0 Å². The Morgan fingerprint density at radius 1 is 0.952 bits per heavy atom. The Morgan fingerprint density at radius 3 is 2.38 bits per heavy atom. The van der Waals surface area contributed by atoms with Crippen LogP contribution in [0.1, 0.15) is 25.1 Å². The van der Waals surface area contributed by atoms with Crippen molar-refractivity contribution in [3.05, 3.63) is 54.0 Å². The van der Waals surface area contributed by atoms with E-state index in [2.05, 4.69) is 26.3 Å². The minimum absolute atomic E-state index is 0.719. The van der Waals surface area contributed by atoms with Gasteiger partial charge in [0.1, 0.15) is 12.1 Å². The Hall–Kier alpha value is -2.49. The molecule has 108 valence electrons. The first-order chi connectivity index (χ1) is 10.2. The van der Waals surface area contributed by atoms with Gasteiger partial charge in [0, 0.05) is 11.4 Å². The van der Waals surface area contributed by atoms with Crippen LogP contribution in [-0.2, 0) is 0 Å². The van der Waals surface area contributed by atoms with Crippen molar-refractivity contribution in [2.24, 2.45) is 0 Å². The number of hydrogen-bond acceptors (Lipinski definition) is 4. The highest BCUT2D eigenvalue weighted by Gasteiger charge is 2.07. The fourth-order valence-corrected chi connectivity index (χ4v) is 1.93. The van der Waals surface area contributed by atoms with Crippen LogP contribution in [-0.4, -0.2) is 15.0 Å². The van der Waals surface area contributed by atoms with Crippen LogP contribution < -0.4 is 5.32 Å². The highest BCUT2D eigenvalue weighted by atomic mass is 15.0. The third-order valence-corrected chi connectivity index (χ3v) is 3.10. The van der Waals surface area contributed by atoms with Crippen LogP contribution in [0.2, 0.25) is 0 Å². The lowest BCUT2D eigenvalue weighted by atomic mass is 10.2. The molecule has 0 saturated carbocycles. The molecular weight excluding hydrogens is 260 g/mol. The summed E-state index contributed by atoms with van der Waals surface area (Å²) >= 11 is 0. The first kappa shape index (κ1) is 14.9. The number of benzene rings is 1. The molecule has 1 aromatic carbocycles. The summed E-state index contributed by atoms with van der Waals surface area (Å²) in [5.41, 5.74) is 3.85. The van der Waals surface area contributed by atoms with Gasteiger partial charge in [0.25, 0.3) is 0 Å². The van der Waals surface area contributed by atoms with Crippen molar-refractivity contribution in [3.63, 3.8) is 0 Å². The van der Waals surface area contributed by atoms with Gasteiger partial charge in [0.2, 0.25) is 0 Å².